The smallest absolute Gasteiger partial charge is 0.331 e. The van der Waals surface area contributed by atoms with Crippen LogP contribution in [0.2, 0.25) is 0 Å². The van der Waals surface area contributed by atoms with Crippen molar-refractivity contribution in [2.24, 2.45) is 0 Å². The monoisotopic (exact) mass is 270 g/mol. The van der Waals surface area contributed by atoms with Crippen LogP contribution in [0.15, 0.2) is 36.0 Å². The van der Waals surface area contributed by atoms with E-state index in [1.54, 1.807) is 25.3 Å². The van der Waals surface area contributed by atoms with Crippen LogP contribution in [-0.2, 0) is 4.79 Å². The van der Waals surface area contributed by atoms with Crippen LogP contribution < -0.4 is 0 Å². The topological polar surface area (TPSA) is 74.0 Å². The number of aromatic nitrogens is 1. The quantitative estimate of drug-likeness (QED) is 0.869. The van der Waals surface area contributed by atoms with Gasteiger partial charge in [0.2, 0.25) is 0 Å². The van der Waals surface area contributed by atoms with Gasteiger partial charge in [-0.1, -0.05) is 0 Å². The summed E-state index contributed by atoms with van der Waals surface area (Å²) in [4.78, 5) is 16.6. The molecule has 0 radical (unpaired) electrons. The molecule has 19 heavy (non-hydrogen) atoms. The van der Waals surface area contributed by atoms with Crippen LogP contribution >= 0.6 is 11.3 Å². The van der Waals surface area contributed by atoms with Crippen molar-refractivity contribution in [3.8, 4) is 16.5 Å². The lowest BCUT2D eigenvalue weighted by atomic mass is 10.2. The molecular formula is C14H10N2O2S. The fourth-order valence-electron chi connectivity index (χ4n) is 1.47. The summed E-state index contributed by atoms with van der Waals surface area (Å²) in [6, 6.07) is 9.23. The molecule has 2 heterocycles. The second kappa shape index (κ2) is 5.46. The molecule has 0 aliphatic rings. The van der Waals surface area contributed by atoms with Gasteiger partial charge in [0, 0.05) is 27.1 Å². The van der Waals surface area contributed by atoms with E-state index in [2.05, 4.69) is 4.98 Å². The van der Waals surface area contributed by atoms with Crippen LogP contribution in [0.4, 0.5) is 0 Å². The Morgan fingerprint density at radius 1 is 1.42 bits per heavy atom. The Hall–Kier alpha value is -2.45. The number of nitrogens with zero attached hydrogens (tertiary/aromatic N) is 2. The minimum absolute atomic E-state index is 0.298. The first-order chi connectivity index (χ1) is 9.10. The maximum atomic E-state index is 10.7. The molecule has 2 aromatic rings. The number of aliphatic carboxylic acids is 1. The highest BCUT2D eigenvalue weighted by Crippen LogP contribution is 2.28. The van der Waals surface area contributed by atoms with E-state index in [0.717, 1.165) is 15.3 Å². The van der Waals surface area contributed by atoms with Crippen LogP contribution in [-0.4, -0.2) is 16.1 Å². The first kappa shape index (κ1) is 13.0. The van der Waals surface area contributed by atoms with E-state index in [-0.39, 0.29) is 0 Å². The molecule has 0 saturated heterocycles. The maximum Gasteiger partial charge on any atom is 0.331 e. The highest BCUT2D eigenvalue weighted by molar-refractivity contribution is 7.16. The summed E-state index contributed by atoms with van der Waals surface area (Å²) in [5.74, 6) is -0.921. The highest BCUT2D eigenvalue weighted by atomic mass is 32.1. The maximum absolute atomic E-state index is 10.7. The summed E-state index contributed by atoms with van der Waals surface area (Å²) >= 11 is 1.48. The summed E-state index contributed by atoms with van der Waals surface area (Å²) in [5, 5.41) is 17.5. The molecule has 5 heteroatoms. The third kappa shape index (κ3) is 3.06. The van der Waals surface area contributed by atoms with E-state index in [9.17, 15) is 4.79 Å². The molecule has 4 nitrogen and oxygen atoms in total. The lowest BCUT2D eigenvalue weighted by Gasteiger charge is -1.95. The Bertz CT molecular complexity index is 678. The minimum Gasteiger partial charge on any atom is -0.478 e. The Morgan fingerprint density at radius 2 is 2.21 bits per heavy atom. The fourth-order valence-corrected chi connectivity index (χ4v) is 2.47. The molecule has 0 aliphatic heterocycles. The number of pyridine rings is 1. The molecule has 1 N–H and O–H groups in total. The largest absolute Gasteiger partial charge is 0.478 e. The van der Waals surface area contributed by atoms with Gasteiger partial charge in [0.1, 0.15) is 11.8 Å². The van der Waals surface area contributed by atoms with Gasteiger partial charge in [-0.25, -0.2) is 9.78 Å². The number of hydrogen-bond acceptors (Lipinski definition) is 4. The molecule has 0 atom stereocenters. The number of thiophene rings is 1. The molecule has 0 aromatic carbocycles. The summed E-state index contributed by atoms with van der Waals surface area (Å²) in [7, 11) is 0. The molecular weight excluding hydrogens is 260 g/mol. The predicted molar refractivity (Wildman–Crippen MR) is 73.6 cm³/mol. The van der Waals surface area contributed by atoms with Gasteiger partial charge in [0.05, 0.1) is 0 Å². The highest BCUT2D eigenvalue weighted by Gasteiger charge is 2.05. The van der Waals surface area contributed by atoms with Gasteiger partial charge < -0.3 is 5.11 Å². The first-order valence-electron chi connectivity index (χ1n) is 5.48. The normalized spacial score (nSPS) is 11.1. The summed E-state index contributed by atoms with van der Waals surface area (Å²) in [6.45, 7) is 1.56. The Labute approximate surface area is 114 Å². The van der Waals surface area contributed by atoms with Gasteiger partial charge in [0.25, 0.3) is 0 Å². The molecule has 0 spiro atoms. The van der Waals surface area contributed by atoms with Crippen molar-refractivity contribution in [3.05, 3.63) is 46.6 Å². The molecule has 94 valence electrons. The Kier molecular flexibility index (Phi) is 3.74. The zero-order valence-electron chi connectivity index (χ0n) is 10.1. The van der Waals surface area contributed by atoms with Gasteiger partial charge in [-0.2, -0.15) is 5.26 Å². The third-order valence-electron chi connectivity index (χ3n) is 2.49. The average molecular weight is 270 g/mol. The molecule has 2 rings (SSSR count). The van der Waals surface area contributed by atoms with E-state index in [1.165, 1.54) is 11.3 Å². The Balaban J connectivity index is 2.28. The van der Waals surface area contributed by atoms with Crippen molar-refractivity contribution >= 4 is 23.4 Å². The predicted octanol–water partition coefficient (Wildman–Crippen LogP) is 3.17. The van der Waals surface area contributed by atoms with E-state index < -0.39 is 5.97 Å². The second-order valence-electron chi connectivity index (χ2n) is 3.88. The molecule has 0 aliphatic carbocycles. The average Bonchev–Trinajstić information content (AvgIpc) is 2.87. The van der Waals surface area contributed by atoms with Crippen LogP contribution in [0.1, 0.15) is 17.5 Å². The van der Waals surface area contributed by atoms with E-state index in [0.29, 0.717) is 11.3 Å². The van der Waals surface area contributed by atoms with Crippen molar-refractivity contribution in [2.45, 2.75) is 6.92 Å². The second-order valence-corrected chi connectivity index (χ2v) is 4.99. The number of hydrogen-bond donors (Lipinski definition) is 1. The zero-order valence-corrected chi connectivity index (χ0v) is 10.9. The van der Waals surface area contributed by atoms with Gasteiger partial charge in [-0.15, -0.1) is 11.3 Å². The SMILES string of the molecule is C/C(=C\c1ccc(-c2ccc(C#N)nc2)s1)C(=O)O. The summed E-state index contributed by atoms with van der Waals surface area (Å²) < 4.78 is 0. The molecule has 0 bridgehead atoms. The van der Waals surface area contributed by atoms with Crippen LogP contribution in [0.3, 0.4) is 0 Å². The van der Waals surface area contributed by atoms with Gasteiger partial charge in [-0.3, -0.25) is 0 Å². The lowest BCUT2D eigenvalue weighted by molar-refractivity contribution is -0.132. The Morgan fingerprint density at radius 3 is 2.79 bits per heavy atom. The third-order valence-corrected chi connectivity index (χ3v) is 3.57. The fraction of sp³-hybridized carbons (Fsp3) is 0.0714. The molecule has 0 amide bonds. The number of carbonyl (C=O) groups is 1. The van der Waals surface area contributed by atoms with Crippen molar-refractivity contribution < 1.29 is 9.90 Å². The molecule has 0 unspecified atom stereocenters. The summed E-state index contributed by atoms with van der Waals surface area (Å²) in [5.41, 5.74) is 1.59. The van der Waals surface area contributed by atoms with Gasteiger partial charge >= 0.3 is 5.97 Å². The van der Waals surface area contributed by atoms with Gasteiger partial charge in [0.15, 0.2) is 0 Å². The zero-order chi connectivity index (χ0) is 13.8. The van der Waals surface area contributed by atoms with Crippen molar-refractivity contribution in [1.29, 1.82) is 5.26 Å². The standard InChI is InChI=1S/C14H10N2O2S/c1-9(14(17)18)6-12-4-5-13(19-12)10-2-3-11(7-15)16-8-10/h2-6,8H,1H3,(H,17,18)/b9-6+. The number of rotatable bonds is 3. The molecule has 0 fully saturated rings. The number of carboxylic acids is 1. The summed E-state index contributed by atoms with van der Waals surface area (Å²) in [6.07, 6.45) is 3.27. The number of nitriles is 1. The number of carboxylic acid groups (broad SMARTS) is 1. The van der Waals surface area contributed by atoms with Crippen molar-refractivity contribution in [1.82, 2.24) is 4.98 Å². The van der Waals surface area contributed by atoms with E-state index >= 15 is 0 Å². The van der Waals surface area contributed by atoms with E-state index in [1.807, 2.05) is 24.3 Å². The van der Waals surface area contributed by atoms with Crippen LogP contribution in [0.5, 0.6) is 0 Å². The van der Waals surface area contributed by atoms with Gasteiger partial charge in [-0.05, 0) is 37.3 Å². The molecule has 0 saturated carbocycles. The van der Waals surface area contributed by atoms with Crippen LogP contribution in [0, 0.1) is 11.3 Å². The van der Waals surface area contributed by atoms with Crippen molar-refractivity contribution in [2.75, 3.05) is 0 Å². The lowest BCUT2D eigenvalue weighted by Crippen LogP contribution is -1.94. The van der Waals surface area contributed by atoms with E-state index in [4.69, 9.17) is 10.4 Å². The first-order valence-corrected chi connectivity index (χ1v) is 6.30. The minimum atomic E-state index is -0.921. The molecule has 2 aromatic heterocycles. The van der Waals surface area contributed by atoms with Crippen molar-refractivity contribution in [3.63, 3.8) is 0 Å². The van der Waals surface area contributed by atoms with Crippen LogP contribution in [0.25, 0.3) is 16.5 Å².